The fourth-order valence-corrected chi connectivity index (χ4v) is 5.04. The first-order chi connectivity index (χ1) is 16.5. The fourth-order valence-electron chi connectivity index (χ4n) is 5.04. The fraction of sp³-hybridized carbons (Fsp3) is 0.320. The molecule has 1 saturated carbocycles. The Labute approximate surface area is 195 Å². The van der Waals surface area contributed by atoms with Gasteiger partial charge in [0.1, 0.15) is 5.69 Å². The summed E-state index contributed by atoms with van der Waals surface area (Å²) < 4.78 is 5.25. The van der Waals surface area contributed by atoms with Crippen LogP contribution in [0.25, 0.3) is 44.5 Å². The molecule has 1 N–H and O–H groups in total. The Hall–Kier alpha value is -3.85. The van der Waals surface area contributed by atoms with Gasteiger partial charge in [0.25, 0.3) is 0 Å². The minimum absolute atomic E-state index is 0.0360. The van der Waals surface area contributed by atoms with Crippen LogP contribution in [-0.2, 0) is 14.1 Å². The topological polar surface area (TPSA) is 104 Å². The summed E-state index contributed by atoms with van der Waals surface area (Å²) >= 11 is 0. The maximum Gasteiger partial charge on any atom is 0.329 e. The maximum absolute atomic E-state index is 13.3. The Morgan fingerprint density at radius 3 is 2.44 bits per heavy atom. The van der Waals surface area contributed by atoms with E-state index in [-0.39, 0.29) is 17.8 Å². The molecule has 172 valence electrons. The number of hydrogen-bond donors (Lipinski definition) is 1. The van der Waals surface area contributed by atoms with Crippen molar-refractivity contribution in [3.8, 4) is 22.5 Å². The number of nitrogens with zero attached hydrogens (tertiary/aromatic N) is 7. The number of pyridine rings is 2. The van der Waals surface area contributed by atoms with Crippen molar-refractivity contribution in [2.24, 2.45) is 14.1 Å². The highest BCUT2D eigenvalue weighted by atomic mass is 16.3. The van der Waals surface area contributed by atoms with Gasteiger partial charge in [0, 0.05) is 37.3 Å². The molecule has 0 radical (unpaired) electrons. The quantitative estimate of drug-likeness (QED) is 0.448. The molecule has 4 aromatic heterocycles. The lowest BCUT2D eigenvalue weighted by Gasteiger charge is -2.26. The van der Waals surface area contributed by atoms with E-state index in [1.165, 1.54) is 0 Å². The second-order valence-electron chi connectivity index (χ2n) is 9.11. The summed E-state index contributed by atoms with van der Waals surface area (Å²) in [6.45, 7) is 0. The van der Waals surface area contributed by atoms with E-state index in [0.717, 1.165) is 57.3 Å². The molecule has 0 aliphatic heterocycles. The highest BCUT2D eigenvalue weighted by Gasteiger charge is 2.26. The Bertz CT molecular complexity index is 1570. The average molecular weight is 456 g/mol. The Kier molecular flexibility index (Phi) is 4.80. The number of imidazole rings is 1. The van der Waals surface area contributed by atoms with Crippen LogP contribution in [0.15, 0.2) is 53.7 Å². The molecule has 0 atom stereocenters. The second kappa shape index (κ2) is 7.88. The lowest BCUT2D eigenvalue weighted by molar-refractivity contribution is 0.111. The van der Waals surface area contributed by atoms with Crippen molar-refractivity contribution in [2.45, 2.75) is 37.8 Å². The molecule has 0 saturated heterocycles. The molecule has 1 aromatic carbocycles. The summed E-state index contributed by atoms with van der Waals surface area (Å²) in [5.74, 6) is 0. The minimum Gasteiger partial charge on any atom is -0.393 e. The first-order valence-corrected chi connectivity index (χ1v) is 11.5. The third-order valence-electron chi connectivity index (χ3n) is 6.91. The van der Waals surface area contributed by atoms with Crippen LogP contribution in [0, 0.1) is 0 Å². The van der Waals surface area contributed by atoms with Crippen LogP contribution >= 0.6 is 0 Å². The van der Waals surface area contributed by atoms with E-state index in [1.54, 1.807) is 22.5 Å². The van der Waals surface area contributed by atoms with Crippen LogP contribution in [0.3, 0.4) is 0 Å². The van der Waals surface area contributed by atoms with Gasteiger partial charge in [-0.15, -0.1) is 5.10 Å². The van der Waals surface area contributed by atoms with E-state index in [9.17, 15) is 9.90 Å². The molecule has 1 aliphatic rings. The van der Waals surface area contributed by atoms with Crippen LogP contribution in [0.1, 0.15) is 31.7 Å². The lowest BCUT2D eigenvalue weighted by Crippen LogP contribution is -2.29. The summed E-state index contributed by atoms with van der Waals surface area (Å²) in [7, 11) is 3.62. The highest BCUT2D eigenvalue weighted by molar-refractivity contribution is 6.04. The van der Waals surface area contributed by atoms with E-state index in [2.05, 4.69) is 26.3 Å². The van der Waals surface area contributed by atoms with Gasteiger partial charge in [0.15, 0.2) is 0 Å². The first-order valence-electron chi connectivity index (χ1n) is 11.5. The van der Waals surface area contributed by atoms with Gasteiger partial charge in [0.2, 0.25) is 0 Å². The van der Waals surface area contributed by atoms with Crippen LogP contribution < -0.4 is 5.69 Å². The summed E-state index contributed by atoms with van der Waals surface area (Å²) in [4.78, 5) is 22.5. The van der Waals surface area contributed by atoms with E-state index < -0.39 is 0 Å². The molecule has 9 heteroatoms. The molecule has 6 rings (SSSR count). The van der Waals surface area contributed by atoms with Gasteiger partial charge >= 0.3 is 5.69 Å². The lowest BCUT2D eigenvalue weighted by atomic mass is 9.92. The van der Waals surface area contributed by atoms with E-state index in [0.29, 0.717) is 12.8 Å². The summed E-state index contributed by atoms with van der Waals surface area (Å²) in [5, 5.41) is 19.0. The van der Waals surface area contributed by atoms with Gasteiger partial charge in [-0.05, 0) is 49.4 Å². The average Bonchev–Trinajstić information content (AvgIpc) is 3.41. The normalized spacial score (nSPS) is 18.7. The minimum atomic E-state index is -0.274. The Balaban J connectivity index is 1.48. The molecular weight excluding hydrogens is 430 g/mol. The third kappa shape index (κ3) is 3.31. The number of aliphatic hydroxyl groups is 1. The molecular formula is C25H25N7O2. The van der Waals surface area contributed by atoms with Gasteiger partial charge in [0.05, 0.1) is 40.7 Å². The Morgan fingerprint density at radius 1 is 0.941 bits per heavy atom. The van der Waals surface area contributed by atoms with Gasteiger partial charge in [-0.25, -0.2) is 4.79 Å². The van der Waals surface area contributed by atoms with Crippen molar-refractivity contribution in [2.75, 3.05) is 0 Å². The predicted molar refractivity (Wildman–Crippen MR) is 129 cm³/mol. The molecule has 1 aliphatic carbocycles. The molecule has 5 aromatic rings. The van der Waals surface area contributed by atoms with Crippen molar-refractivity contribution < 1.29 is 5.11 Å². The zero-order valence-electron chi connectivity index (χ0n) is 19.1. The van der Waals surface area contributed by atoms with Crippen molar-refractivity contribution in [3.05, 3.63) is 59.4 Å². The van der Waals surface area contributed by atoms with Crippen molar-refractivity contribution >= 4 is 21.9 Å². The molecule has 9 nitrogen and oxygen atoms in total. The second-order valence-corrected chi connectivity index (χ2v) is 9.11. The number of rotatable bonds is 3. The van der Waals surface area contributed by atoms with Crippen molar-refractivity contribution in [1.82, 2.24) is 34.1 Å². The molecule has 1 fully saturated rings. The molecule has 0 spiro atoms. The van der Waals surface area contributed by atoms with Gasteiger partial charge in [-0.3, -0.25) is 23.8 Å². The van der Waals surface area contributed by atoms with E-state index in [1.807, 2.05) is 48.3 Å². The number of benzene rings is 1. The maximum atomic E-state index is 13.3. The SMILES string of the molecule is Cn1cc(-c2ccc(-c3ccc4ncc5c(c4c3)n([C@H]3CC[C@@H](O)CC3)c(=O)n5C)cn2)nn1. The van der Waals surface area contributed by atoms with Gasteiger partial charge in [-0.1, -0.05) is 17.3 Å². The summed E-state index contributed by atoms with van der Waals surface area (Å²) in [5.41, 5.74) is 5.99. The molecule has 0 unspecified atom stereocenters. The number of aromatic nitrogens is 7. The monoisotopic (exact) mass is 455 g/mol. The van der Waals surface area contributed by atoms with Crippen LogP contribution in [-0.4, -0.2) is 45.3 Å². The summed E-state index contributed by atoms with van der Waals surface area (Å²) in [6, 6.07) is 10.1. The number of hydrogen-bond acceptors (Lipinski definition) is 6. The molecule has 34 heavy (non-hydrogen) atoms. The number of aliphatic hydroxyl groups excluding tert-OH is 1. The first kappa shape index (κ1) is 20.7. The van der Waals surface area contributed by atoms with Crippen LogP contribution in [0.4, 0.5) is 0 Å². The van der Waals surface area contributed by atoms with Gasteiger partial charge in [-0.2, -0.15) is 0 Å². The number of aryl methyl sites for hydroxylation is 2. The molecule has 0 amide bonds. The molecule has 0 bridgehead atoms. The van der Waals surface area contributed by atoms with Crippen molar-refractivity contribution in [1.29, 1.82) is 0 Å². The van der Waals surface area contributed by atoms with Crippen molar-refractivity contribution in [3.63, 3.8) is 0 Å². The molecule has 4 heterocycles. The number of fused-ring (bicyclic) bond motifs is 3. The van der Waals surface area contributed by atoms with Crippen LogP contribution in [0.5, 0.6) is 0 Å². The smallest absolute Gasteiger partial charge is 0.329 e. The van der Waals surface area contributed by atoms with Crippen LogP contribution in [0.2, 0.25) is 0 Å². The zero-order chi connectivity index (χ0) is 23.4. The highest BCUT2D eigenvalue weighted by Crippen LogP contribution is 2.34. The van der Waals surface area contributed by atoms with E-state index >= 15 is 0 Å². The van der Waals surface area contributed by atoms with E-state index in [4.69, 9.17) is 0 Å². The zero-order valence-corrected chi connectivity index (χ0v) is 19.1. The third-order valence-corrected chi connectivity index (χ3v) is 6.91. The largest absolute Gasteiger partial charge is 0.393 e. The standard InChI is InChI=1S/C25H25N7O2/c1-30-14-22(28-29-30)21-10-4-16(12-26-21)15-3-9-20-19(11-15)24-23(13-27-20)31(2)25(34)32(24)17-5-7-18(33)8-6-17/h3-4,9-14,17-18,33H,5-8H2,1-2H3/t17-,18+. The van der Waals surface area contributed by atoms with Gasteiger partial charge < -0.3 is 5.11 Å². The summed E-state index contributed by atoms with van der Waals surface area (Å²) in [6.07, 6.45) is 8.18. The predicted octanol–water partition coefficient (Wildman–Crippen LogP) is 3.22. The Morgan fingerprint density at radius 2 is 1.74 bits per heavy atom.